The standard InChI is InChI=1S/C8H13NO4/c1-12-7(10)3-2-4-9-5-6-13-8(9)11/h2-6H2,1H3. The van der Waals surface area contributed by atoms with Gasteiger partial charge in [0, 0.05) is 13.0 Å². The van der Waals surface area contributed by atoms with Gasteiger partial charge >= 0.3 is 12.1 Å². The molecule has 1 fully saturated rings. The van der Waals surface area contributed by atoms with Gasteiger partial charge in [0.05, 0.1) is 13.7 Å². The van der Waals surface area contributed by atoms with E-state index in [4.69, 9.17) is 4.74 Å². The summed E-state index contributed by atoms with van der Waals surface area (Å²) in [5.74, 6) is -0.243. The van der Waals surface area contributed by atoms with Gasteiger partial charge in [-0.1, -0.05) is 0 Å². The first-order chi connectivity index (χ1) is 6.24. The molecule has 0 unspecified atom stereocenters. The first kappa shape index (κ1) is 9.83. The number of nitrogens with zero attached hydrogens (tertiary/aromatic N) is 1. The van der Waals surface area contributed by atoms with E-state index < -0.39 is 0 Å². The molecule has 1 amide bonds. The number of carbonyl (C=O) groups is 2. The molecule has 0 aromatic rings. The van der Waals surface area contributed by atoms with E-state index in [1.807, 2.05) is 0 Å². The molecule has 0 atom stereocenters. The molecule has 0 saturated carbocycles. The molecule has 1 aliphatic heterocycles. The molecule has 1 saturated heterocycles. The summed E-state index contributed by atoms with van der Waals surface area (Å²) in [6, 6.07) is 0. The van der Waals surface area contributed by atoms with E-state index in [2.05, 4.69) is 4.74 Å². The first-order valence-corrected chi connectivity index (χ1v) is 4.22. The van der Waals surface area contributed by atoms with Gasteiger partial charge in [-0.15, -0.1) is 0 Å². The highest BCUT2D eigenvalue weighted by molar-refractivity contribution is 5.70. The van der Waals surface area contributed by atoms with Gasteiger partial charge in [-0.3, -0.25) is 4.79 Å². The lowest BCUT2D eigenvalue weighted by Crippen LogP contribution is -2.25. The number of methoxy groups -OCH3 is 1. The second-order valence-corrected chi connectivity index (χ2v) is 2.78. The summed E-state index contributed by atoms with van der Waals surface area (Å²) in [6.45, 7) is 1.64. The minimum atomic E-state index is -0.287. The summed E-state index contributed by atoms with van der Waals surface area (Å²) < 4.78 is 9.19. The van der Waals surface area contributed by atoms with Crippen LogP contribution in [-0.2, 0) is 14.3 Å². The SMILES string of the molecule is COC(=O)CCCN1CCOC1=O. The summed E-state index contributed by atoms with van der Waals surface area (Å²) >= 11 is 0. The van der Waals surface area contributed by atoms with Crippen LogP contribution < -0.4 is 0 Å². The maximum absolute atomic E-state index is 10.9. The highest BCUT2D eigenvalue weighted by Crippen LogP contribution is 2.05. The maximum atomic E-state index is 10.9. The molecule has 0 spiro atoms. The van der Waals surface area contributed by atoms with Gasteiger partial charge in [0.25, 0.3) is 0 Å². The van der Waals surface area contributed by atoms with Crippen molar-refractivity contribution in [3.8, 4) is 0 Å². The molecule has 0 aromatic heterocycles. The molecule has 13 heavy (non-hydrogen) atoms. The predicted octanol–water partition coefficient (Wildman–Crippen LogP) is 0.392. The van der Waals surface area contributed by atoms with Crippen molar-refractivity contribution in [1.29, 1.82) is 0 Å². The van der Waals surface area contributed by atoms with Crippen LogP contribution in [0.2, 0.25) is 0 Å². The van der Waals surface area contributed by atoms with Crippen LogP contribution in [0, 0.1) is 0 Å². The molecule has 5 nitrogen and oxygen atoms in total. The van der Waals surface area contributed by atoms with Crippen molar-refractivity contribution in [2.75, 3.05) is 26.8 Å². The van der Waals surface area contributed by atoms with Gasteiger partial charge in [0.2, 0.25) is 0 Å². The second kappa shape index (κ2) is 4.69. The van der Waals surface area contributed by atoms with Crippen LogP contribution in [0.5, 0.6) is 0 Å². The Hall–Kier alpha value is -1.26. The monoisotopic (exact) mass is 187 g/mol. The van der Waals surface area contributed by atoms with Crippen LogP contribution >= 0.6 is 0 Å². The topological polar surface area (TPSA) is 55.8 Å². The normalized spacial score (nSPS) is 15.8. The van der Waals surface area contributed by atoms with Crippen molar-refractivity contribution < 1.29 is 19.1 Å². The van der Waals surface area contributed by atoms with E-state index in [1.165, 1.54) is 7.11 Å². The largest absolute Gasteiger partial charge is 0.469 e. The summed E-state index contributed by atoms with van der Waals surface area (Å²) in [6.07, 6.45) is 0.687. The van der Waals surface area contributed by atoms with Crippen LogP contribution in [0.15, 0.2) is 0 Å². The van der Waals surface area contributed by atoms with Crippen LogP contribution in [0.3, 0.4) is 0 Å². The molecule has 0 aromatic carbocycles. The van der Waals surface area contributed by atoms with Crippen molar-refractivity contribution >= 4 is 12.1 Å². The fraction of sp³-hybridized carbons (Fsp3) is 0.750. The lowest BCUT2D eigenvalue weighted by Gasteiger charge is -2.10. The number of hydrogen-bond donors (Lipinski definition) is 0. The number of esters is 1. The minimum absolute atomic E-state index is 0.243. The van der Waals surface area contributed by atoms with Crippen LogP contribution in [0.4, 0.5) is 4.79 Å². The second-order valence-electron chi connectivity index (χ2n) is 2.78. The van der Waals surface area contributed by atoms with Crippen LogP contribution in [-0.4, -0.2) is 43.8 Å². The number of amides is 1. The molecular weight excluding hydrogens is 174 g/mol. The molecule has 0 bridgehead atoms. The van der Waals surface area contributed by atoms with Crippen LogP contribution in [0.25, 0.3) is 0 Å². The molecule has 1 rings (SSSR count). The molecular formula is C8H13NO4. The van der Waals surface area contributed by atoms with Gasteiger partial charge in [0.1, 0.15) is 6.61 Å². The third kappa shape index (κ3) is 2.93. The maximum Gasteiger partial charge on any atom is 0.409 e. The summed E-state index contributed by atoms with van der Waals surface area (Å²) in [5.41, 5.74) is 0. The van der Waals surface area contributed by atoms with E-state index in [9.17, 15) is 9.59 Å². The Morgan fingerprint density at radius 3 is 3.00 bits per heavy atom. The Labute approximate surface area is 76.6 Å². The zero-order chi connectivity index (χ0) is 9.68. The van der Waals surface area contributed by atoms with Gasteiger partial charge in [-0.25, -0.2) is 4.79 Å². The Kier molecular flexibility index (Phi) is 3.54. The van der Waals surface area contributed by atoms with E-state index >= 15 is 0 Å². The molecule has 1 heterocycles. The van der Waals surface area contributed by atoms with Gasteiger partial charge in [0.15, 0.2) is 0 Å². The van der Waals surface area contributed by atoms with Gasteiger partial charge < -0.3 is 14.4 Å². The van der Waals surface area contributed by atoms with E-state index in [0.717, 1.165) is 0 Å². The van der Waals surface area contributed by atoms with Crippen molar-refractivity contribution in [1.82, 2.24) is 4.90 Å². The average Bonchev–Trinajstić information content (AvgIpc) is 2.52. The van der Waals surface area contributed by atoms with Crippen molar-refractivity contribution in [2.45, 2.75) is 12.8 Å². The summed E-state index contributed by atoms with van der Waals surface area (Å²) in [5, 5.41) is 0. The van der Waals surface area contributed by atoms with Crippen molar-refractivity contribution in [2.24, 2.45) is 0 Å². The number of ether oxygens (including phenoxy) is 2. The van der Waals surface area contributed by atoms with E-state index in [1.54, 1.807) is 4.90 Å². The third-order valence-electron chi connectivity index (χ3n) is 1.88. The Bertz CT molecular complexity index is 204. The minimum Gasteiger partial charge on any atom is -0.469 e. The Morgan fingerprint density at radius 1 is 1.69 bits per heavy atom. The summed E-state index contributed by atoms with van der Waals surface area (Å²) in [7, 11) is 1.35. The summed E-state index contributed by atoms with van der Waals surface area (Å²) in [4.78, 5) is 23.2. The fourth-order valence-corrected chi connectivity index (χ4v) is 1.15. The number of carbonyl (C=O) groups excluding carboxylic acids is 2. The lowest BCUT2D eigenvalue weighted by molar-refractivity contribution is -0.140. The first-order valence-electron chi connectivity index (χ1n) is 4.22. The van der Waals surface area contributed by atoms with Gasteiger partial charge in [-0.2, -0.15) is 0 Å². The Balaban J connectivity index is 2.12. The molecule has 0 N–H and O–H groups in total. The van der Waals surface area contributed by atoms with Crippen molar-refractivity contribution in [3.63, 3.8) is 0 Å². The fourth-order valence-electron chi connectivity index (χ4n) is 1.15. The van der Waals surface area contributed by atoms with Crippen molar-refractivity contribution in [3.05, 3.63) is 0 Å². The number of rotatable bonds is 4. The molecule has 5 heteroatoms. The molecule has 0 aliphatic carbocycles. The lowest BCUT2D eigenvalue weighted by atomic mass is 10.3. The molecule has 1 aliphatic rings. The zero-order valence-corrected chi connectivity index (χ0v) is 7.62. The van der Waals surface area contributed by atoms with E-state index in [-0.39, 0.29) is 12.1 Å². The number of cyclic esters (lactones) is 1. The smallest absolute Gasteiger partial charge is 0.409 e. The van der Waals surface area contributed by atoms with E-state index in [0.29, 0.717) is 32.5 Å². The average molecular weight is 187 g/mol. The molecule has 74 valence electrons. The highest BCUT2D eigenvalue weighted by atomic mass is 16.6. The third-order valence-corrected chi connectivity index (χ3v) is 1.88. The quantitative estimate of drug-likeness (QED) is 0.597. The number of hydrogen-bond acceptors (Lipinski definition) is 4. The zero-order valence-electron chi connectivity index (χ0n) is 7.62. The van der Waals surface area contributed by atoms with Crippen LogP contribution in [0.1, 0.15) is 12.8 Å². The predicted molar refractivity (Wildman–Crippen MR) is 44.2 cm³/mol. The van der Waals surface area contributed by atoms with Gasteiger partial charge in [-0.05, 0) is 6.42 Å². The Morgan fingerprint density at radius 2 is 2.46 bits per heavy atom. The molecule has 0 radical (unpaired) electrons. The highest BCUT2D eigenvalue weighted by Gasteiger charge is 2.21.